The lowest BCUT2D eigenvalue weighted by Gasteiger charge is -1.55. The van der Waals surface area contributed by atoms with E-state index in [0.29, 0.717) is 0 Å². The van der Waals surface area contributed by atoms with Crippen LogP contribution in [0.25, 0.3) is 0 Å². The lowest BCUT2D eigenvalue weighted by Crippen LogP contribution is -1.57. The molecule has 0 amide bonds. The van der Waals surface area contributed by atoms with Crippen molar-refractivity contribution in [3.8, 4) is 0 Å². The molecule has 0 saturated heterocycles. The van der Waals surface area contributed by atoms with Crippen LogP contribution in [0, 0.1) is 4.51 Å². The highest BCUT2D eigenvalue weighted by Gasteiger charge is 1.80. The van der Waals surface area contributed by atoms with Gasteiger partial charge in [0.15, 0.2) is 17.6 Å². The minimum atomic E-state index is 1.31. The molecule has 0 aliphatic heterocycles. The van der Waals surface area contributed by atoms with Crippen LogP contribution in [0.3, 0.4) is 0 Å². The van der Waals surface area contributed by atoms with E-state index in [2.05, 4.69) is 18.4 Å². The van der Waals surface area contributed by atoms with Crippen molar-refractivity contribution in [1.29, 1.82) is 0 Å². The molecule has 46 valence electrons. The molecule has 0 aliphatic rings. The Balaban J connectivity index is 3.28. The average Bonchev–Trinajstić information content (AvgIpc) is 2.13. The van der Waals surface area contributed by atoms with Crippen LogP contribution in [0.4, 0.5) is 0 Å². The molecule has 0 fully saturated rings. The van der Waals surface area contributed by atoms with Crippen molar-refractivity contribution < 1.29 is 0 Å². The molecular weight excluding hydrogens is 128 g/mol. The maximum absolute atomic E-state index is 2.10. The molecule has 0 radical (unpaired) electrons. The molecule has 1 aromatic rings. The van der Waals surface area contributed by atoms with E-state index in [1.807, 2.05) is 24.3 Å². The van der Waals surface area contributed by atoms with Crippen LogP contribution >= 0.6 is 0 Å². The SMILES string of the molecule is C[S+]=c1cccccc1. The largest absolute Gasteiger partial charge is 0.223 e. The summed E-state index contributed by atoms with van der Waals surface area (Å²) in [5.74, 6) is 0. The maximum Gasteiger partial charge on any atom is 0.223 e. The molecule has 0 N–H and O–H groups in total. The van der Waals surface area contributed by atoms with Crippen molar-refractivity contribution in [3.63, 3.8) is 0 Å². The predicted molar refractivity (Wildman–Crippen MR) is 43.0 cm³/mol. The van der Waals surface area contributed by atoms with Crippen LogP contribution in [-0.2, 0) is 11.4 Å². The number of hydrogen-bond acceptors (Lipinski definition) is 0. The highest BCUT2D eigenvalue weighted by atomic mass is 32.1. The van der Waals surface area contributed by atoms with Gasteiger partial charge in [-0.3, -0.25) is 0 Å². The first-order valence-corrected chi connectivity index (χ1v) is 4.08. The molecule has 1 rings (SSSR count). The first kappa shape index (κ1) is 6.43. The van der Waals surface area contributed by atoms with Crippen LogP contribution in [0.5, 0.6) is 0 Å². The lowest BCUT2D eigenvalue weighted by molar-refractivity contribution is 1.81. The summed E-state index contributed by atoms with van der Waals surface area (Å²) in [4.78, 5) is 0. The van der Waals surface area contributed by atoms with Gasteiger partial charge in [-0.2, -0.15) is 0 Å². The number of rotatable bonds is 0. The van der Waals surface area contributed by atoms with Crippen LogP contribution in [0.2, 0.25) is 0 Å². The third-order valence-corrected chi connectivity index (χ3v) is 1.83. The fourth-order valence-electron chi connectivity index (χ4n) is 0.621. The Morgan fingerprint density at radius 2 is 1.56 bits per heavy atom. The molecule has 0 heterocycles. The Hall–Kier alpha value is -0.690. The Morgan fingerprint density at radius 1 is 1.00 bits per heavy atom. The van der Waals surface area contributed by atoms with Gasteiger partial charge in [-0.05, 0) is 0 Å². The average molecular weight is 137 g/mol. The fourth-order valence-corrected chi connectivity index (χ4v) is 1.05. The molecule has 9 heavy (non-hydrogen) atoms. The van der Waals surface area contributed by atoms with E-state index >= 15 is 0 Å². The highest BCUT2D eigenvalue weighted by Crippen LogP contribution is 1.85. The monoisotopic (exact) mass is 137 g/mol. The summed E-state index contributed by atoms with van der Waals surface area (Å²) in [6, 6.07) is 12.4. The zero-order valence-corrected chi connectivity index (χ0v) is 6.19. The Labute approximate surface area is 59.1 Å². The first-order chi connectivity index (χ1) is 4.43. The standard InChI is InChI=1S/C8H9S/c1-9-8-6-4-2-3-5-7-8/h2-7H,1H3/q+1. The van der Waals surface area contributed by atoms with Crippen molar-refractivity contribution >= 4 is 11.4 Å². The second-order valence-corrected chi connectivity index (χ2v) is 2.59. The third-order valence-electron chi connectivity index (χ3n) is 1.09. The van der Waals surface area contributed by atoms with Gasteiger partial charge >= 0.3 is 0 Å². The molecule has 0 nitrogen and oxygen atoms in total. The summed E-state index contributed by atoms with van der Waals surface area (Å²) >= 11 is 1.76. The molecule has 1 aromatic carbocycles. The zero-order chi connectivity index (χ0) is 6.53. The summed E-state index contributed by atoms with van der Waals surface area (Å²) in [7, 11) is 0. The lowest BCUT2D eigenvalue weighted by atomic mass is 10.5. The quantitative estimate of drug-likeness (QED) is 0.378. The topological polar surface area (TPSA) is 0 Å². The Morgan fingerprint density at radius 3 is 2.00 bits per heavy atom. The van der Waals surface area contributed by atoms with Gasteiger partial charge < -0.3 is 0 Å². The first-order valence-electron chi connectivity index (χ1n) is 2.86. The van der Waals surface area contributed by atoms with Crippen molar-refractivity contribution in [1.82, 2.24) is 0 Å². The molecule has 0 atom stereocenters. The van der Waals surface area contributed by atoms with E-state index in [4.69, 9.17) is 0 Å². The van der Waals surface area contributed by atoms with Gasteiger partial charge in [-0.15, -0.1) is 0 Å². The van der Waals surface area contributed by atoms with Crippen LogP contribution in [0.1, 0.15) is 0 Å². The molecule has 0 saturated carbocycles. The normalized spacial score (nSPS) is 8.56. The smallest absolute Gasteiger partial charge is 0.0621 e. The minimum absolute atomic E-state index is 1.31. The van der Waals surface area contributed by atoms with Gasteiger partial charge in [0.05, 0.1) is 0 Å². The molecule has 0 spiro atoms. The van der Waals surface area contributed by atoms with Gasteiger partial charge in [-0.1, -0.05) is 24.3 Å². The second-order valence-electron chi connectivity index (χ2n) is 1.71. The van der Waals surface area contributed by atoms with E-state index in [-0.39, 0.29) is 0 Å². The van der Waals surface area contributed by atoms with E-state index in [9.17, 15) is 0 Å². The van der Waals surface area contributed by atoms with Crippen molar-refractivity contribution in [3.05, 3.63) is 40.9 Å². The van der Waals surface area contributed by atoms with E-state index in [1.54, 1.807) is 11.4 Å². The van der Waals surface area contributed by atoms with E-state index in [0.717, 1.165) is 0 Å². The second kappa shape index (κ2) is 3.36. The van der Waals surface area contributed by atoms with Crippen molar-refractivity contribution in [2.24, 2.45) is 0 Å². The van der Waals surface area contributed by atoms with Crippen LogP contribution in [-0.4, -0.2) is 6.26 Å². The summed E-state index contributed by atoms with van der Waals surface area (Å²) < 4.78 is 1.31. The molecule has 0 aliphatic carbocycles. The molecular formula is C8H9S+. The summed E-state index contributed by atoms with van der Waals surface area (Å²) in [6.07, 6.45) is 2.08. The summed E-state index contributed by atoms with van der Waals surface area (Å²) in [5, 5.41) is 0. The maximum atomic E-state index is 2.10. The van der Waals surface area contributed by atoms with Crippen molar-refractivity contribution in [2.45, 2.75) is 0 Å². The Kier molecular flexibility index (Phi) is 2.40. The van der Waals surface area contributed by atoms with Crippen LogP contribution < -0.4 is 0 Å². The highest BCUT2D eigenvalue weighted by molar-refractivity contribution is 7.69. The molecule has 0 bridgehead atoms. The summed E-state index contributed by atoms with van der Waals surface area (Å²) in [5.41, 5.74) is 0. The molecule has 1 heteroatoms. The predicted octanol–water partition coefficient (Wildman–Crippen LogP) is 1.93. The zero-order valence-electron chi connectivity index (χ0n) is 5.37. The van der Waals surface area contributed by atoms with Gasteiger partial charge in [0, 0.05) is 12.1 Å². The summed E-state index contributed by atoms with van der Waals surface area (Å²) in [6.45, 7) is 0. The van der Waals surface area contributed by atoms with Crippen molar-refractivity contribution in [2.75, 3.05) is 6.26 Å². The fraction of sp³-hybridized carbons (Fsp3) is 0.125. The molecule has 0 aromatic heterocycles. The van der Waals surface area contributed by atoms with Crippen LogP contribution in [0.15, 0.2) is 36.4 Å². The van der Waals surface area contributed by atoms with Gasteiger partial charge in [0.1, 0.15) is 0 Å². The van der Waals surface area contributed by atoms with E-state index < -0.39 is 0 Å². The third kappa shape index (κ3) is 1.94. The van der Waals surface area contributed by atoms with E-state index in [1.165, 1.54) is 4.51 Å². The Bertz CT molecular complexity index is 218. The van der Waals surface area contributed by atoms with Gasteiger partial charge in [0.25, 0.3) is 0 Å². The number of hydrogen-bond donors (Lipinski definition) is 0. The molecule has 0 unspecified atom stereocenters. The van der Waals surface area contributed by atoms with Gasteiger partial charge in [-0.25, -0.2) is 0 Å². The minimum Gasteiger partial charge on any atom is -0.0621 e. The van der Waals surface area contributed by atoms with Gasteiger partial charge in [0.2, 0.25) is 4.51 Å².